The fraction of sp³-hybridized carbons (Fsp3) is 0.188. The lowest BCUT2D eigenvalue weighted by molar-refractivity contribution is 0.171. The third-order valence-electron chi connectivity index (χ3n) is 3.19. The van der Waals surface area contributed by atoms with Gasteiger partial charge in [-0.05, 0) is 51.8 Å². The molecule has 0 saturated carbocycles. The molecule has 1 heterocycles. The van der Waals surface area contributed by atoms with E-state index in [9.17, 15) is 0 Å². The van der Waals surface area contributed by atoms with Gasteiger partial charge >= 0.3 is 0 Å². The molecule has 0 amide bonds. The Morgan fingerprint density at radius 3 is 2.67 bits per heavy atom. The van der Waals surface area contributed by atoms with Crippen LogP contribution >= 0.6 is 15.9 Å². The first-order valence-corrected chi connectivity index (χ1v) is 7.37. The first-order valence-electron chi connectivity index (χ1n) is 6.58. The van der Waals surface area contributed by atoms with Crippen LogP contribution in [-0.2, 0) is 6.54 Å². The maximum Gasteiger partial charge on any atom is 0.161 e. The first-order chi connectivity index (χ1) is 10.3. The highest BCUT2D eigenvalue weighted by Gasteiger charge is 2.11. The van der Waals surface area contributed by atoms with Gasteiger partial charge in [0.1, 0.15) is 13.2 Å². The van der Waals surface area contributed by atoms with Gasteiger partial charge in [-0.15, -0.1) is 0 Å². The molecule has 3 rings (SSSR count). The first kappa shape index (κ1) is 13.8. The summed E-state index contributed by atoms with van der Waals surface area (Å²) in [5, 5.41) is 12.2. The lowest BCUT2D eigenvalue weighted by Crippen LogP contribution is -2.15. The van der Waals surface area contributed by atoms with E-state index in [0.717, 1.165) is 27.2 Å². The maximum atomic E-state index is 8.86. The van der Waals surface area contributed by atoms with Crippen molar-refractivity contribution in [3.05, 3.63) is 52.0 Å². The van der Waals surface area contributed by atoms with Crippen molar-refractivity contribution in [3.63, 3.8) is 0 Å². The Morgan fingerprint density at radius 2 is 1.90 bits per heavy atom. The summed E-state index contributed by atoms with van der Waals surface area (Å²) < 4.78 is 11.9. The fourth-order valence-electron chi connectivity index (χ4n) is 2.12. The Balaban J connectivity index is 1.72. The SMILES string of the molecule is N#Cc1ccc(NCc2ccc3c(c2)OCCO3)c(Br)c1. The van der Waals surface area contributed by atoms with E-state index < -0.39 is 0 Å². The summed E-state index contributed by atoms with van der Waals surface area (Å²) in [5.41, 5.74) is 2.69. The number of fused-ring (bicyclic) bond motifs is 1. The van der Waals surface area contributed by atoms with Crippen LogP contribution in [0.5, 0.6) is 11.5 Å². The zero-order valence-electron chi connectivity index (χ0n) is 11.2. The number of hydrogen-bond acceptors (Lipinski definition) is 4. The Bertz CT molecular complexity index is 710. The van der Waals surface area contributed by atoms with Crippen LogP contribution in [0, 0.1) is 11.3 Å². The van der Waals surface area contributed by atoms with Crippen molar-refractivity contribution >= 4 is 21.6 Å². The molecule has 0 fully saturated rings. The van der Waals surface area contributed by atoms with Crippen LogP contribution in [0.3, 0.4) is 0 Å². The van der Waals surface area contributed by atoms with Gasteiger partial charge in [0.15, 0.2) is 11.5 Å². The summed E-state index contributed by atoms with van der Waals surface area (Å²) in [4.78, 5) is 0. The van der Waals surface area contributed by atoms with Crippen LogP contribution < -0.4 is 14.8 Å². The quantitative estimate of drug-likeness (QED) is 0.922. The van der Waals surface area contributed by atoms with E-state index in [1.807, 2.05) is 24.3 Å². The molecule has 0 aliphatic carbocycles. The standard InChI is InChI=1S/C16H13BrN2O2/c17-13-7-11(9-18)1-3-14(13)19-10-12-2-4-15-16(8-12)21-6-5-20-15/h1-4,7-8,19H,5-6,10H2. The number of rotatable bonds is 3. The number of benzene rings is 2. The summed E-state index contributed by atoms with van der Waals surface area (Å²) in [6, 6.07) is 13.5. The monoisotopic (exact) mass is 344 g/mol. The molecule has 4 nitrogen and oxygen atoms in total. The molecular formula is C16H13BrN2O2. The van der Waals surface area contributed by atoms with Gasteiger partial charge < -0.3 is 14.8 Å². The van der Waals surface area contributed by atoms with E-state index in [0.29, 0.717) is 25.3 Å². The van der Waals surface area contributed by atoms with Gasteiger partial charge in [0.25, 0.3) is 0 Å². The summed E-state index contributed by atoms with van der Waals surface area (Å²) in [6.45, 7) is 1.86. The molecular weight excluding hydrogens is 332 g/mol. The molecule has 2 aromatic rings. The van der Waals surface area contributed by atoms with Gasteiger partial charge in [0, 0.05) is 16.7 Å². The van der Waals surface area contributed by atoms with Gasteiger partial charge in [-0.25, -0.2) is 0 Å². The van der Waals surface area contributed by atoms with Gasteiger partial charge in [0.2, 0.25) is 0 Å². The average molecular weight is 345 g/mol. The molecule has 0 radical (unpaired) electrons. The van der Waals surface area contributed by atoms with Gasteiger partial charge in [-0.3, -0.25) is 0 Å². The number of nitrogens with zero attached hydrogens (tertiary/aromatic N) is 1. The molecule has 0 unspecified atom stereocenters. The normalized spacial score (nSPS) is 12.6. The van der Waals surface area contributed by atoms with Crippen LogP contribution in [0.25, 0.3) is 0 Å². The highest BCUT2D eigenvalue weighted by molar-refractivity contribution is 9.10. The highest BCUT2D eigenvalue weighted by atomic mass is 79.9. The number of halogens is 1. The van der Waals surface area contributed by atoms with Crippen molar-refractivity contribution in [2.75, 3.05) is 18.5 Å². The largest absolute Gasteiger partial charge is 0.486 e. The molecule has 1 aliphatic rings. The average Bonchev–Trinajstić information content (AvgIpc) is 2.53. The van der Waals surface area contributed by atoms with Gasteiger partial charge in [-0.1, -0.05) is 6.07 Å². The Hall–Kier alpha value is -2.19. The predicted molar refractivity (Wildman–Crippen MR) is 83.6 cm³/mol. The molecule has 21 heavy (non-hydrogen) atoms. The Labute approximate surface area is 131 Å². The van der Waals surface area contributed by atoms with Crippen LogP contribution in [0.1, 0.15) is 11.1 Å². The minimum absolute atomic E-state index is 0.588. The van der Waals surface area contributed by atoms with Gasteiger partial charge in [0.05, 0.1) is 11.6 Å². The second-order valence-corrected chi connectivity index (χ2v) is 5.49. The van der Waals surface area contributed by atoms with E-state index in [-0.39, 0.29) is 0 Å². The molecule has 1 aliphatic heterocycles. The topological polar surface area (TPSA) is 54.3 Å². The zero-order chi connectivity index (χ0) is 14.7. The van der Waals surface area contributed by atoms with Crippen molar-refractivity contribution in [2.24, 2.45) is 0 Å². The molecule has 5 heteroatoms. The fourth-order valence-corrected chi connectivity index (χ4v) is 2.64. The van der Waals surface area contributed by atoms with E-state index in [1.165, 1.54) is 0 Å². The smallest absolute Gasteiger partial charge is 0.161 e. The predicted octanol–water partition coefficient (Wildman–Crippen LogP) is 3.70. The lowest BCUT2D eigenvalue weighted by Gasteiger charge is -2.19. The molecule has 0 aromatic heterocycles. The van der Waals surface area contributed by atoms with Crippen LogP contribution in [0.4, 0.5) is 5.69 Å². The number of ether oxygens (including phenoxy) is 2. The Morgan fingerprint density at radius 1 is 1.10 bits per heavy atom. The Kier molecular flexibility index (Phi) is 3.98. The summed E-state index contributed by atoms with van der Waals surface area (Å²) in [5.74, 6) is 1.59. The van der Waals surface area contributed by atoms with E-state index in [2.05, 4.69) is 27.3 Å². The summed E-state index contributed by atoms with van der Waals surface area (Å²) in [6.07, 6.45) is 0. The third-order valence-corrected chi connectivity index (χ3v) is 3.84. The van der Waals surface area contributed by atoms with Crippen molar-refractivity contribution in [3.8, 4) is 17.6 Å². The van der Waals surface area contributed by atoms with Crippen molar-refractivity contribution < 1.29 is 9.47 Å². The van der Waals surface area contributed by atoms with E-state index in [1.54, 1.807) is 12.1 Å². The molecule has 0 spiro atoms. The van der Waals surface area contributed by atoms with Crippen molar-refractivity contribution in [2.45, 2.75) is 6.54 Å². The molecule has 0 atom stereocenters. The van der Waals surface area contributed by atoms with E-state index in [4.69, 9.17) is 14.7 Å². The lowest BCUT2D eigenvalue weighted by atomic mass is 10.1. The maximum absolute atomic E-state index is 8.86. The zero-order valence-corrected chi connectivity index (χ0v) is 12.8. The number of nitriles is 1. The summed E-state index contributed by atoms with van der Waals surface area (Å²) in [7, 11) is 0. The molecule has 0 bridgehead atoms. The number of hydrogen-bond donors (Lipinski definition) is 1. The van der Waals surface area contributed by atoms with Gasteiger partial charge in [-0.2, -0.15) is 5.26 Å². The second-order valence-electron chi connectivity index (χ2n) is 4.64. The number of anilines is 1. The highest BCUT2D eigenvalue weighted by Crippen LogP contribution is 2.31. The molecule has 2 aromatic carbocycles. The molecule has 106 valence electrons. The third kappa shape index (κ3) is 3.11. The van der Waals surface area contributed by atoms with E-state index >= 15 is 0 Å². The minimum Gasteiger partial charge on any atom is -0.486 e. The number of nitrogens with one attached hydrogen (secondary N) is 1. The molecule has 1 N–H and O–H groups in total. The van der Waals surface area contributed by atoms with Crippen LogP contribution in [0.2, 0.25) is 0 Å². The van der Waals surface area contributed by atoms with Crippen LogP contribution in [0.15, 0.2) is 40.9 Å². The van der Waals surface area contributed by atoms with Crippen molar-refractivity contribution in [1.29, 1.82) is 5.26 Å². The molecule has 0 saturated heterocycles. The second kappa shape index (κ2) is 6.06. The minimum atomic E-state index is 0.588. The van der Waals surface area contributed by atoms with Crippen molar-refractivity contribution in [1.82, 2.24) is 0 Å². The van der Waals surface area contributed by atoms with Crippen LogP contribution in [-0.4, -0.2) is 13.2 Å². The summed E-state index contributed by atoms with van der Waals surface area (Å²) >= 11 is 3.46.